The molecular weight excluding hydrogens is 302 g/mol. The first-order chi connectivity index (χ1) is 9.14. The van der Waals surface area contributed by atoms with Crippen LogP contribution in [0.1, 0.15) is 49.9 Å². The number of rotatable bonds is 4. The van der Waals surface area contributed by atoms with Crippen molar-refractivity contribution in [3.05, 3.63) is 28.2 Å². The topological polar surface area (TPSA) is 20.3 Å². The van der Waals surface area contributed by atoms with Crippen LogP contribution in [0, 0.1) is 5.41 Å². The molecule has 1 heterocycles. The van der Waals surface area contributed by atoms with Gasteiger partial charge in [-0.2, -0.15) is 0 Å². The van der Waals surface area contributed by atoms with E-state index in [-0.39, 0.29) is 0 Å². The van der Waals surface area contributed by atoms with Crippen LogP contribution in [0.4, 0.5) is 5.69 Å². The number of carbonyl (C=O) groups is 1. The fraction of sp³-hybridized carbons (Fsp3) is 0.562. The number of halogens is 1. The Kier molecular flexibility index (Phi) is 4.67. The van der Waals surface area contributed by atoms with E-state index in [0.29, 0.717) is 5.41 Å². The number of anilines is 1. The zero-order chi connectivity index (χ0) is 13.9. The molecule has 3 heteroatoms. The molecule has 0 atom stereocenters. The summed E-state index contributed by atoms with van der Waals surface area (Å²) in [7, 11) is 0. The highest BCUT2D eigenvalue weighted by Crippen LogP contribution is 2.39. The molecule has 104 valence electrons. The molecule has 1 aromatic rings. The molecule has 19 heavy (non-hydrogen) atoms. The van der Waals surface area contributed by atoms with Gasteiger partial charge in [0.15, 0.2) is 6.29 Å². The number of hydrogen-bond donors (Lipinski definition) is 0. The Hall–Kier alpha value is -0.830. The van der Waals surface area contributed by atoms with Crippen LogP contribution in [0.15, 0.2) is 22.7 Å². The Morgan fingerprint density at radius 1 is 1.26 bits per heavy atom. The lowest BCUT2D eigenvalue weighted by molar-refractivity contribution is 0.112. The lowest BCUT2D eigenvalue weighted by atomic mass is 9.74. The number of carbonyl (C=O) groups excluding carboxylic acids is 1. The van der Waals surface area contributed by atoms with Gasteiger partial charge in [-0.15, -0.1) is 0 Å². The molecule has 0 unspecified atom stereocenters. The third kappa shape index (κ3) is 3.02. The Balaban J connectivity index is 2.17. The second-order valence-electron chi connectivity index (χ2n) is 5.52. The number of nitrogens with zero attached hydrogens (tertiary/aromatic N) is 1. The lowest BCUT2D eigenvalue weighted by Gasteiger charge is -2.42. The Morgan fingerprint density at radius 2 is 1.89 bits per heavy atom. The molecule has 0 radical (unpaired) electrons. The molecule has 2 nitrogen and oxygen atoms in total. The summed E-state index contributed by atoms with van der Waals surface area (Å²) in [6.07, 6.45) is 5.94. The van der Waals surface area contributed by atoms with Gasteiger partial charge in [0.05, 0.1) is 0 Å². The van der Waals surface area contributed by atoms with Crippen LogP contribution >= 0.6 is 15.9 Å². The maximum atomic E-state index is 11.2. The van der Waals surface area contributed by atoms with Crippen molar-refractivity contribution < 1.29 is 4.79 Å². The molecule has 1 aromatic carbocycles. The number of hydrogen-bond acceptors (Lipinski definition) is 2. The highest BCUT2D eigenvalue weighted by atomic mass is 79.9. The molecule has 0 amide bonds. The molecule has 0 aromatic heterocycles. The van der Waals surface area contributed by atoms with E-state index in [2.05, 4.69) is 40.7 Å². The Labute approximate surface area is 124 Å². The highest BCUT2D eigenvalue weighted by Gasteiger charge is 2.31. The summed E-state index contributed by atoms with van der Waals surface area (Å²) in [6.45, 7) is 6.71. The van der Waals surface area contributed by atoms with Gasteiger partial charge in [0.1, 0.15) is 0 Å². The summed E-state index contributed by atoms with van der Waals surface area (Å²) in [5.41, 5.74) is 2.39. The lowest BCUT2D eigenvalue weighted by Crippen LogP contribution is -2.40. The molecule has 0 bridgehead atoms. The third-order valence-corrected chi connectivity index (χ3v) is 5.28. The van der Waals surface area contributed by atoms with Crippen molar-refractivity contribution in [3.63, 3.8) is 0 Å². The van der Waals surface area contributed by atoms with Crippen molar-refractivity contribution >= 4 is 27.9 Å². The highest BCUT2D eigenvalue weighted by molar-refractivity contribution is 9.10. The molecule has 0 N–H and O–H groups in total. The van der Waals surface area contributed by atoms with Crippen molar-refractivity contribution in [3.8, 4) is 0 Å². The number of piperidine rings is 1. The molecule has 2 rings (SSSR count). The minimum absolute atomic E-state index is 0.518. The van der Waals surface area contributed by atoms with E-state index in [4.69, 9.17) is 0 Å². The Morgan fingerprint density at radius 3 is 2.42 bits per heavy atom. The normalized spacial score (nSPS) is 18.4. The average Bonchev–Trinajstić information content (AvgIpc) is 2.47. The molecule has 0 spiro atoms. The molecule has 1 aliphatic rings. The van der Waals surface area contributed by atoms with E-state index in [0.717, 1.165) is 35.1 Å². The van der Waals surface area contributed by atoms with Gasteiger partial charge in [-0.05, 0) is 36.5 Å². The fourth-order valence-corrected chi connectivity index (χ4v) is 3.42. The molecule has 1 saturated heterocycles. The molecule has 0 saturated carbocycles. The third-order valence-electron chi connectivity index (χ3n) is 4.78. The summed E-state index contributed by atoms with van der Waals surface area (Å²) in [5.74, 6) is 0. The summed E-state index contributed by atoms with van der Waals surface area (Å²) < 4.78 is 1.04. The van der Waals surface area contributed by atoms with E-state index in [1.807, 2.05) is 12.1 Å². The second kappa shape index (κ2) is 6.08. The SMILES string of the molecule is CCC1(CC)CCN(c2cc(Br)ccc2C=O)CC1. The zero-order valence-electron chi connectivity index (χ0n) is 11.8. The van der Waals surface area contributed by atoms with E-state index in [9.17, 15) is 4.79 Å². The predicted octanol–water partition coefficient (Wildman–Crippen LogP) is 4.67. The largest absolute Gasteiger partial charge is 0.371 e. The fourth-order valence-electron chi connectivity index (χ4n) is 3.07. The summed E-state index contributed by atoms with van der Waals surface area (Å²) in [4.78, 5) is 13.5. The summed E-state index contributed by atoms with van der Waals surface area (Å²) >= 11 is 3.50. The van der Waals surface area contributed by atoms with Gasteiger partial charge in [-0.1, -0.05) is 42.6 Å². The first-order valence-corrected chi connectivity index (χ1v) is 7.93. The van der Waals surface area contributed by atoms with Crippen molar-refractivity contribution in [1.29, 1.82) is 0 Å². The van der Waals surface area contributed by atoms with Gasteiger partial charge in [0.2, 0.25) is 0 Å². The van der Waals surface area contributed by atoms with Gasteiger partial charge >= 0.3 is 0 Å². The van der Waals surface area contributed by atoms with Crippen LogP contribution in [-0.2, 0) is 0 Å². The van der Waals surface area contributed by atoms with Crippen LogP contribution in [0.2, 0.25) is 0 Å². The van der Waals surface area contributed by atoms with Gasteiger partial charge in [-0.3, -0.25) is 4.79 Å². The smallest absolute Gasteiger partial charge is 0.152 e. The van der Waals surface area contributed by atoms with Crippen molar-refractivity contribution in [2.45, 2.75) is 39.5 Å². The minimum atomic E-state index is 0.518. The standard InChI is InChI=1S/C16H22BrNO/c1-3-16(4-2)7-9-18(10-8-16)15-11-14(17)6-5-13(15)12-19/h5-6,11-12H,3-4,7-10H2,1-2H3. The van der Waals surface area contributed by atoms with Gasteiger partial charge in [-0.25, -0.2) is 0 Å². The predicted molar refractivity (Wildman–Crippen MR) is 84.0 cm³/mol. The maximum Gasteiger partial charge on any atom is 0.152 e. The van der Waals surface area contributed by atoms with Crippen molar-refractivity contribution in [1.82, 2.24) is 0 Å². The van der Waals surface area contributed by atoms with Gasteiger partial charge in [0, 0.05) is 28.8 Å². The van der Waals surface area contributed by atoms with Gasteiger partial charge in [0.25, 0.3) is 0 Å². The summed E-state index contributed by atoms with van der Waals surface area (Å²) in [6, 6.07) is 5.89. The van der Waals surface area contributed by atoms with Gasteiger partial charge < -0.3 is 4.90 Å². The quantitative estimate of drug-likeness (QED) is 0.750. The van der Waals surface area contributed by atoms with Crippen LogP contribution in [0.25, 0.3) is 0 Å². The number of aldehydes is 1. The van der Waals surface area contributed by atoms with Crippen LogP contribution in [-0.4, -0.2) is 19.4 Å². The van der Waals surface area contributed by atoms with E-state index in [1.165, 1.54) is 25.7 Å². The minimum Gasteiger partial charge on any atom is -0.371 e. The zero-order valence-corrected chi connectivity index (χ0v) is 13.4. The van der Waals surface area contributed by atoms with Crippen LogP contribution in [0.3, 0.4) is 0 Å². The van der Waals surface area contributed by atoms with Crippen LogP contribution < -0.4 is 4.90 Å². The first kappa shape index (κ1) is 14.6. The second-order valence-corrected chi connectivity index (χ2v) is 6.43. The summed E-state index contributed by atoms with van der Waals surface area (Å²) in [5, 5.41) is 0. The average molecular weight is 324 g/mol. The van der Waals surface area contributed by atoms with E-state index >= 15 is 0 Å². The van der Waals surface area contributed by atoms with Crippen LogP contribution in [0.5, 0.6) is 0 Å². The van der Waals surface area contributed by atoms with Crippen molar-refractivity contribution in [2.75, 3.05) is 18.0 Å². The molecule has 1 aliphatic heterocycles. The number of benzene rings is 1. The monoisotopic (exact) mass is 323 g/mol. The Bertz CT molecular complexity index is 444. The maximum absolute atomic E-state index is 11.2. The van der Waals surface area contributed by atoms with E-state index in [1.54, 1.807) is 0 Å². The molecular formula is C16H22BrNO. The van der Waals surface area contributed by atoms with E-state index < -0.39 is 0 Å². The first-order valence-electron chi connectivity index (χ1n) is 7.14. The molecule has 1 fully saturated rings. The van der Waals surface area contributed by atoms with Crippen molar-refractivity contribution in [2.24, 2.45) is 5.41 Å². The molecule has 0 aliphatic carbocycles.